The molecule has 0 amide bonds. The van der Waals surface area contributed by atoms with Gasteiger partial charge >= 0.3 is 5.63 Å². The Balaban J connectivity index is 2.58. The van der Waals surface area contributed by atoms with Crippen molar-refractivity contribution < 1.29 is 9.21 Å². The van der Waals surface area contributed by atoms with Crippen LogP contribution in [0.5, 0.6) is 0 Å². The quantitative estimate of drug-likeness (QED) is 0.749. The molecule has 16 heavy (non-hydrogen) atoms. The molecule has 1 aromatic heterocycles. The van der Waals surface area contributed by atoms with E-state index in [2.05, 4.69) is 0 Å². The zero-order valence-electron chi connectivity index (χ0n) is 8.73. The number of benzene rings is 1. The molecule has 0 fully saturated rings. The van der Waals surface area contributed by atoms with E-state index in [9.17, 15) is 9.59 Å². The summed E-state index contributed by atoms with van der Waals surface area (Å²) in [7, 11) is 0. The van der Waals surface area contributed by atoms with Crippen LogP contribution in [0.1, 0.15) is 17.3 Å². The molecule has 0 saturated carbocycles. The van der Waals surface area contributed by atoms with E-state index in [1.165, 1.54) is 0 Å². The fraction of sp³-hybridized carbons (Fsp3) is 0.167. The van der Waals surface area contributed by atoms with Gasteiger partial charge in [0.05, 0.1) is 0 Å². The van der Waals surface area contributed by atoms with Crippen molar-refractivity contribution >= 4 is 27.8 Å². The van der Waals surface area contributed by atoms with E-state index in [0.717, 1.165) is 17.1 Å². The third-order valence-corrected chi connectivity index (χ3v) is 2.91. The molecule has 82 valence electrons. The van der Waals surface area contributed by atoms with E-state index < -0.39 is 5.63 Å². The van der Waals surface area contributed by atoms with E-state index in [0.29, 0.717) is 11.3 Å². The minimum atomic E-state index is -0.565. The van der Waals surface area contributed by atoms with Crippen molar-refractivity contribution in [2.75, 3.05) is 5.75 Å². The van der Waals surface area contributed by atoms with Gasteiger partial charge in [0.15, 0.2) is 0 Å². The summed E-state index contributed by atoms with van der Waals surface area (Å²) in [5, 5.41) is 0.532. The summed E-state index contributed by atoms with van der Waals surface area (Å²) in [5.41, 5.74) is 0.0562. The van der Waals surface area contributed by atoms with Crippen LogP contribution in [0.2, 0.25) is 0 Å². The zero-order valence-corrected chi connectivity index (χ0v) is 9.54. The number of thioether (sulfide) groups is 1. The minimum absolute atomic E-state index is 0.116. The molecule has 3 nitrogen and oxygen atoms in total. The molecule has 0 atom stereocenters. The van der Waals surface area contributed by atoms with Crippen molar-refractivity contribution in [2.45, 2.75) is 6.92 Å². The lowest BCUT2D eigenvalue weighted by Crippen LogP contribution is -2.11. The van der Waals surface area contributed by atoms with E-state index in [1.807, 2.05) is 19.1 Å². The minimum Gasteiger partial charge on any atom is -0.422 e. The standard InChI is InChI=1S/C12H10O3S/c1-2-16-12(14)9-7-8-5-3-4-6-10(8)15-11(9)13/h3-7H,2H2,1H3. The fourth-order valence-corrected chi connectivity index (χ4v) is 1.97. The monoisotopic (exact) mass is 234 g/mol. The lowest BCUT2D eigenvalue weighted by molar-refractivity contribution is 0.108. The Kier molecular flexibility index (Phi) is 3.10. The Morgan fingerprint density at radius 2 is 2.12 bits per heavy atom. The van der Waals surface area contributed by atoms with Crippen molar-refractivity contribution in [1.82, 2.24) is 0 Å². The summed E-state index contributed by atoms with van der Waals surface area (Å²) in [6, 6.07) is 8.73. The van der Waals surface area contributed by atoms with Crippen LogP contribution in [-0.2, 0) is 0 Å². The van der Waals surface area contributed by atoms with Crippen molar-refractivity contribution in [3.8, 4) is 0 Å². The molecule has 2 aromatic rings. The van der Waals surface area contributed by atoms with Gasteiger partial charge in [-0.15, -0.1) is 0 Å². The van der Waals surface area contributed by atoms with Crippen LogP contribution in [0.25, 0.3) is 11.0 Å². The molecule has 0 spiro atoms. The number of carbonyl (C=O) groups is 1. The Morgan fingerprint density at radius 1 is 1.38 bits per heavy atom. The highest BCUT2D eigenvalue weighted by Gasteiger charge is 2.12. The average Bonchev–Trinajstić information content (AvgIpc) is 2.28. The maximum atomic E-state index is 11.6. The molecule has 0 aliphatic heterocycles. The van der Waals surface area contributed by atoms with E-state index in [4.69, 9.17) is 4.42 Å². The predicted octanol–water partition coefficient (Wildman–Crippen LogP) is 2.69. The van der Waals surface area contributed by atoms with Crippen molar-refractivity contribution in [2.24, 2.45) is 0 Å². The molecule has 0 radical (unpaired) electrons. The summed E-state index contributed by atoms with van der Waals surface area (Å²) >= 11 is 1.11. The topological polar surface area (TPSA) is 47.3 Å². The van der Waals surface area contributed by atoms with Crippen molar-refractivity contribution in [1.29, 1.82) is 0 Å². The molecule has 2 rings (SSSR count). The van der Waals surface area contributed by atoms with Gasteiger partial charge in [-0.2, -0.15) is 0 Å². The number of carbonyl (C=O) groups excluding carboxylic acids is 1. The molecule has 0 N–H and O–H groups in total. The highest BCUT2D eigenvalue weighted by molar-refractivity contribution is 8.14. The number of rotatable bonds is 2. The van der Waals surface area contributed by atoms with E-state index in [-0.39, 0.29) is 10.7 Å². The second-order valence-corrected chi connectivity index (χ2v) is 4.44. The second kappa shape index (κ2) is 4.53. The van der Waals surface area contributed by atoms with Gasteiger partial charge in [-0.05, 0) is 17.9 Å². The normalized spacial score (nSPS) is 10.6. The van der Waals surface area contributed by atoms with Crippen molar-refractivity contribution in [3.05, 3.63) is 46.3 Å². The number of hydrogen-bond acceptors (Lipinski definition) is 4. The summed E-state index contributed by atoms with van der Waals surface area (Å²) in [5.74, 6) is 0.644. The number of hydrogen-bond donors (Lipinski definition) is 0. The fourth-order valence-electron chi connectivity index (χ4n) is 1.41. The molecule has 4 heteroatoms. The molecule has 0 aliphatic rings. The maximum absolute atomic E-state index is 11.6. The third kappa shape index (κ3) is 2.02. The summed E-state index contributed by atoms with van der Waals surface area (Å²) in [6.45, 7) is 1.87. The third-order valence-electron chi connectivity index (χ3n) is 2.14. The Bertz CT molecular complexity index is 586. The lowest BCUT2D eigenvalue weighted by Gasteiger charge is -1.99. The number of fused-ring (bicyclic) bond motifs is 1. The van der Waals surface area contributed by atoms with Gasteiger partial charge in [-0.1, -0.05) is 36.9 Å². The van der Waals surface area contributed by atoms with Gasteiger partial charge in [-0.3, -0.25) is 4.79 Å². The number of para-hydroxylation sites is 1. The average molecular weight is 234 g/mol. The van der Waals surface area contributed by atoms with E-state index >= 15 is 0 Å². The first-order valence-electron chi connectivity index (χ1n) is 4.92. The Labute approximate surface area is 96.5 Å². The van der Waals surface area contributed by atoms with Crippen LogP contribution >= 0.6 is 11.8 Å². The molecule has 1 aromatic carbocycles. The largest absolute Gasteiger partial charge is 0.422 e. The molecule has 0 aliphatic carbocycles. The first kappa shape index (κ1) is 11.0. The van der Waals surface area contributed by atoms with Gasteiger partial charge in [0, 0.05) is 5.39 Å². The molecular formula is C12H10O3S. The second-order valence-electron chi connectivity index (χ2n) is 3.21. The molecular weight excluding hydrogens is 224 g/mol. The van der Waals surface area contributed by atoms with Crippen LogP contribution in [-0.4, -0.2) is 10.9 Å². The van der Waals surface area contributed by atoms with Crippen LogP contribution in [0, 0.1) is 0 Å². The van der Waals surface area contributed by atoms with Gasteiger partial charge in [0.1, 0.15) is 11.1 Å². The highest BCUT2D eigenvalue weighted by atomic mass is 32.2. The smallest absolute Gasteiger partial charge is 0.348 e. The van der Waals surface area contributed by atoms with Crippen LogP contribution in [0.15, 0.2) is 39.5 Å². The maximum Gasteiger partial charge on any atom is 0.348 e. The summed E-state index contributed by atoms with van der Waals surface area (Å²) in [4.78, 5) is 23.2. The van der Waals surface area contributed by atoms with Gasteiger partial charge in [0.25, 0.3) is 0 Å². The van der Waals surface area contributed by atoms with Crippen molar-refractivity contribution in [3.63, 3.8) is 0 Å². The van der Waals surface area contributed by atoms with E-state index in [1.54, 1.807) is 18.2 Å². The highest BCUT2D eigenvalue weighted by Crippen LogP contribution is 2.15. The first-order chi connectivity index (χ1) is 7.72. The summed E-state index contributed by atoms with van der Waals surface area (Å²) in [6.07, 6.45) is 0. The molecule has 0 unspecified atom stereocenters. The summed E-state index contributed by atoms with van der Waals surface area (Å²) < 4.78 is 5.07. The molecule has 0 saturated heterocycles. The zero-order chi connectivity index (χ0) is 11.5. The molecule has 1 heterocycles. The van der Waals surface area contributed by atoms with Gasteiger partial charge in [-0.25, -0.2) is 4.79 Å². The van der Waals surface area contributed by atoms with Gasteiger partial charge in [0.2, 0.25) is 5.12 Å². The Morgan fingerprint density at radius 3 is 2.88 bits per heavy atom. The van der Waals surface area contributed by atoms with Crippen LogP contribution < -0.4 is 5.63 Å². The Hall–Kier alpha value is -1.55. The molecule has 0 bridgehead atoms. The SMILES string of the molecule is CCSC(=O)c1cc2ccccc2oc1=O. The first-order valence-corrected chi connectivity index (χ1v) is 5.91. The lowest BCUT2D eigenvalue weighted by atomic mass is 10.2. The van der Waals surface area contributed by atoms with Gasteiger partial charge < -0.3 is 4.42 Å². The van der Waals surface area contributed by atoms with Crippen LogP contribution in [0.3, 0.4) is 0 Å². The predicted molar refractivity (Wildman–Crippen MR) is 64.9 cm³/mol. The van der Waals surface area contributed by atoms with Crippen LogP contribution in [0.4, 0.5) is 0 Å².